The summed E-state index contributed by atoms with van der Waals surface area (Å²) in [5.41, 5.74) is 3.27. The second-order valence-electron chi connectivity index (χ2n) is 6.90. The third kappa shape index (κ3) is 4.96. The van der Waals surface area contributed by atoms with Crippen LogP contribution in [0.15, 0.2) is 43.0 Å². The minimum Gasteiger partial charge on any atom is -0.497 e. The number of nitrogens with one attached hydrogen (secondary N) is 1. The summed E-state index contributed by atoms with van der Waals surface area (Å²) in [6.45, 7) is 5.52. The second-order valence-corrected chi connectivity index (χ2v) is 6.90. The van der Waals surface area contributed by atoms with E-state index in [9.17, 15) is 0 Å². The van der Waals surface area contributed by atoms with Gasteiger partial charge in [-0.2, -0.15) is 0 Å². The number of aromatic nitrogens is 4. The van der Waals surface area contributed by atoms with Crippen LogP contribution in [0.1, 0.15) is 17.2 Å². The number of benzene rings is 1. The number of H-pyrrole nitrogens is 1. The van der Waals surface area contributed by atoms with E-state index in [0.717, 1.165) is 54.8 Å². The third-order valence-corrected chi connectivity index (χ3v) is 4.60. The van der Waals surface area contributed by atoms with Crippen LogP contribution in [-0.2, 0) is 13.1 Å². The molecule has 0 saturated carbocycles. The molecule has 1 N–H and O–H groups in total. The van der Waals surface area contributed by atoms with Crippen molar-refractivity contribution in [1.29, 1.82) is 0 Å². The lowest BCUT2D eigenvalue weighted by atomic mass is 10.3. The normalized spacial score (nSPS) is 11.5. The summed E-state index contributed by atoms with van der Waals surface area (Å²) in [6, 6.07) is 8.03. The van der Waals surface area contributed by atoms with Crippen molar-refractivity contribution in [2.24, 2.45) is 0 Å². The zero-order valence-corrected chi connectivity index (χ0v) is 16.5. The molecule has 7 heteroatoms. The molecule has 1 aromatic carbocycles. The summed E-state index contributed by atoms with van der Waals surface area (Å²) in [7, 11) is 5.86. The summed E-state index contributed by atoms with van der Waals surface area (Å²) in [5, 5.41) is 0. The van der Waals surface area contributed by atoms with E-state index in [2.05, 4.69) is 50.3 Å². The number of hydrogen-bond donors (Lipinski definition) is 1. The predicted octanol–water partition coefficient (Wildman–Crippen LogP) is 2.48. The number of methoxy groups -OCH3 is 1. The van der Waals surface area contributed by atoms with Crippen molar-refractivity contribution in [3.05, 3.63) is 60.2 Å². The monoisotopic (exact) mass is 368 g/mol. The van der Waals surface area contributed by atoms with E-state index < -0.39 is 0 Å². The smallest absolute Gasteiger partial charge is 0.127 e. The molecule has 7 nitrogen and oxygen atoms in total. The third-order valence-electron chi connectivity index (χ3n) is 4.60. The van der Waals surface area contributed by atoms with Gasteiger partial charge in [-0.3, -0.25) is 4.90 Å². The molecule has 0 amide bonds. The summed E-state index contributed by atoms with van der Waals surface area (Å²) in [5.74, 6) is 1.86. The highest BCUT2D eigenvalue weighted by molar-refractivity contribution is 5.38. The number of ether oxygens (including phenoxy) is 1. The van der Waals surface area contributed by atoms with Gasteiger partial charge in [-0.1, -0.05) is 0 Å². The van der Waals surface area contributed by atoms with Gasteiger partial charge in [-0.25, -0.2) is 9.97 Å². The van der Waals surface area contributed by atoms with Gasteiger partial charge in [-0.05, 0) is 45.3 Å². The lowest BCUT2D eigenvalue weighted by molar-refractivity contribution is 0.218. The zero-order chi connectivity index (χ0) is 19.2. The number of aryl methyl sites for hydroxylation is 1. The Labute approximate surface area is 160 Å². The number of nitrogens with zero attached hydrogens (tertiary/aromatic N) is 5. The van der Waals surface area contributed by atoms with Crippen LogP contribution in [0.5, 0.6) is 5.75 Å². The Balaban J connectivity index is 1.78. The molecule has 0 radical (unpaired) electrons. The van der Waals surface area contributed by atoms with Crippen molar-refractivity contribution < 1.29 is 4.74 Å². The Morgan fingerprint density at radius 2 is 1.85 bits per heavy atom. The quantitative estimate of drug-likeness (QED) is 0.629. The van der Waals surface area contributed by atoms with Gasteiger partial charge < -0.3 is 19.2 Å². The largest absolute Gasteiger partial charge is 0.497 e. The highest BCUT2D eigenvalue weighted by Gasteiger charge is 2.14. The minimum absolute atomic E-state index is 0.749. The van der Waals surface area contributed by atoms with E-state index in [-0.39, 0.29) is 0 Å². The molecule has 2 aromatic heterocycles. The molecule has 0 bridgehead atoms. The maximum Gasteiger partial charge on any atom is 0.127 e. The van der Waals surface area contributed by atoms with Gasteiger partial charge in [0.1, 0.15) is 11.6 Å². The standard InChI is InChI=1S/C20H28N6O/c1-16-19(23-15-22-16)13-25(12-11-24(2)3)14-20-21-9-10-26(20)17-5-7-18(27-4)8-6-17/h5-10,15H,11-14H2,1-4H3,(H,22,23). The van der Waals surface area contributed by atoms with Crippen LogP contribution in [0.4, 0.5) is 0 Å². The Hall–Kier alpha value is -2.64. The summed E-state index contributed by atoms with van der Waals surface area (Å²) in [4.78, 5) is 16.8. The molecule has 27 heavy (non-hydrogen) atoms. The molecule has 0 atom stereocenters. The van der Waals surface area contributed by atoms with E-state index in [4.69, 9.17) is 4.74 Å². The first-order valence-corrected chi connectivity index (χ1v) is 9.09. The average Bonchev–Trinajstić information content (AvgIpc) is 3.29. The van der Waals surface area contributed by atoms with Gasteiger partial charge in [0.2, 0.25) is 0 Å². The molecule has 2 heterocycles. The molecule has 3 aromatic rings. The fraction of sp³-hybridized carbons (Fsp3) is 0.400. The Morgan fingerprint density at radius 1 is 1.07 bits per heavy atom. The van der Waals surface area contributed by atoms with E-state index in [0.29, 0.717) is 0 Å². The molecule has 0 spiro atoms. The van der Waals surface area contributed by atoms with Gasteiger partial charge in [0.15, 0.2) is 0 Å². The van der Waals surface area contributed by atoms with Gasteiger partial charge in [-0.15, -0.1) is 0 Å². The maximum absolute atomic E-state index is 5.26. The van der Waals surface area contributed by atoms with Gasteiger partial charge in [0.25, 0.3) is 0 Å². The fourth-order valence-electron chi connectivity index (χ4n) is 2.94. The summed E-state index contributed by atoms with van der Waals surface area (Å²) >= 11 is 0. The van der Waals surface area contributed by atoms with Gasteiger partial charge in [0, 0.05) is 43.4 Å². The molecule has 0 unspecified atom stereocenters. The van der Waals surface area contributed by atoms with Gasteiger partial charge >= 0.3 is 0 Å². The first kappa shape index (κ1) is 19.1. The van der Waals surface area contributed by atoms with Crippen molar-refractivity contribution >= 4 is 0 Å². The minimum atomic E-state index is 0.749. The average molecular weight is 368 g/mol. The summed E-state index contributed by atoms with van der Waals surface area (Å²) in [6.07, 6.45) is 5.61. The van der Waals surface area contributed by atoms with E-state index in [1.54, 1.807) is 13.4 Å². The Morgan fingerprint density at radius 3 is 2.48 bits per heavy atom. The van der Waals surface area contributed by atoms with E-state index >= 15 is 0 Å². The molecule has 144 valence electrons. The van der Waals surface area contributed by atoms with E-state index in [1.165, 1.54) is 0 Å². The zero-order valence-electron chi connectivity index (χ0n) is 16.5. The molecular formula is C20H28N6O. The van der Waals surface area contributed by atoms with Crippen molar-refractivity contribution in [2.75, 3.05) is 34.3 Å². The van der Waals surface area contributed by atoms with Crippen LogP contribution in [0.2, 0.25) is 0 Å². The van der Waals surface area contributed by atoms with Gasteiger partial charge in [0.05, 0.1) is 25.7 Å². The molecular weight excluding hydrogens is 340 g/mol. The number of aromatic amines is 1. The number of likely N-dealkylation sites (N-methyl/N-ethyl adjacent to an activating group) is 1. The molecule has 3 rings (SSSR count). The van der Waals surface area contributed by atoms with Crippen molar-refractivity contribution in [3.63, 3.8) is 0 Å². The van der Waals surface area contributed by atoms with E-state index in [1.807, 2.05) is 36.7 Å². The van der Waals surface area contributed by atoms with Crippen LogP contribution >= 0.6 is 0 Å². The van der Waals surface area contributed by atoms with Crippen LogP contribution < -0.4 is 4.74 Å². The highest BCUT2D eigenvalue weighted by Crippen LogP contribution is 2.18. The van der Waals surface area contributed by atoms with Crippen LogP contribution in [0.3, 0.4) is 0 Å². The maximum atomic E-state index is 5.26. The van der Waals surface area contributed by atoms with Crippen LogP contribution in [0.25, 0.3) is 5.69 Å². The number of rotatable bonds is 9. The Kier molecular flexibility index (Phi) is 6.26. The number of imidazole rings is 2. The first-order chi connectivity index (χ1) is 13.1. The van der Waals surface area contributed by atoms with Crippen molar-refractivity contribution in [2.45, 2.75) is 20.0 Å². The Bertz CT molecular complexity index is 836. The second kappa shape index (κ2) is 8.83. The molecule has 0 saturated heterocycles. The predicted molar refractivity (Wildman–Crippen MR) is 106 cm³/mol. The summed E-state index contributed by atoms with van der Waals surface area (Å²) < 4.78 is 7.38. The highest BCUT2D eigenvalue weighted by atomic mass is 16.5. The SMILES string of the molecule is COc1ccc(-n2ccnc2CN(CCN(C)C)Cc2nc[nH]c2C)cc1. The topological polar surface area (TPSA) is 62.2 Å². The lowest BCUT2D eigenvalue weighted by Gasteiger charge is -2.24. The van der Waals surface area contributed by atoms with Crippen molar-refractivity contribution in [1.82, 2.24) is 29.3 Å². The lowest BCUT2D eigenvalue weighted by Crippen LogP contribution is -2.32. The molecule has 0 aliphatic carbocycles. The molecule has 0 aliphatic heterocycles. The molecule has 0 fully saturated rings. The number of hydrogen-bond acceptors (Lipinski definition) is 5. The fourth-order valence-corrected chi connectivity index (χ4v) is 2.94. The van der Waals surface area contributed by atoms with Crippen molar-refractivity contribution in [3.8, 4) is 11.4 Å². The van der Waals surface area contributed by atoms with Crippen LogP contribution in [0, 0.1) is 6.92 Å². The molecule has 0 aliphatic rings. The van der Waals surface area contributed by atoms with Crippen LogP contribution in [-0.4, -0.2) is 63.6 Å². The first-order valence-electron chi connectivity index (χ1n) is 9.09.